The van der Waals surface area contributed by atoms with Gasteiger partial charge in [-0.05, 0) is 37.5 Å². The van der Waals surface area contributed by atoms with Crippen LogP contribution in [0.2, 0.25) is 0 Å². The van der Waals surface area contributed by atoms with Gasteiger partial charge in [0.2, 0.25) is 5.91 Å². The molecule has 200 valence electrons. The molecule has 0 fully saturated rings. The average molecular weight is 520 g/mol. The minimum absolute atomic E-state index is 0.118. The van der Waals surface area contributed by atoms with Crippen molar-refractivity contribution >= 4 is 17.7 Å². The van der Waals surface area contributed by atoms with Crippen LogP contribution in [-0.4, -0.2) is 65.8 Å². The summed E-state index contributed by atoms with van der Waals surface area (Å²) >= 11 is 0. The van der Waals surface area contributed by atoms with Crippen LogP contribution in [0.1, 0.15) is 44.6 Å². The highest BCUT2D eigenvalue weighted by molar-refractivity contribution is 6.01. The van der Waals surface area contributed by atoms with Crippen LogP contribution in [0.4, 0.5) is 0 Å². The van der Waals surface area contributed by atoms with Gasteiger partial charge in [-0.1, -0.05) is 35.9 Å². The van der Waals surface area contributed by atoms with E-state index in [2.05, 4.69) is 15.7 Å². The summed E-state index contributed by atoms with van der Waals surface area (Å²) in [5, 5.41) is 10.1. The standard InChI is InChI=1S/C28H33N5O5/c1-18-6-8-19(9-7-18)16-30-27(36)28(2)17-33-23(26(35)32(28)3)15-22(31-33)25(34)29-13-12-20-10-11-21(37-4)14-24(20)38-5/h6-11,14-15H,12-13,16-17H2,1-5H3,(H,29,34)(H,30,36). The van der Waals surface area contributed by atoms with E-state index in [1.54, 1.807) is 34.3 Å². The third kappa shape index (κ3) is 5.34. The second-order valence-corrected chi connectivity index (χ2v) is 9.56. The van der Waals surface area contributed by atoms with Crippen LogP contribution in [0, 0.1) is 6.92 Å². The first kappa shape index (κ1) is 26.7. The van der Waals surface area contributed by atoms with Crippen LogP contribution in [-0.2, 0) is 24.3 Å². The lowest BCUT2D eigenvalue weighted by Crippen LogP contribution is -2.62. The van der Waals surface area contributed by atoms with Gasteiger partial charge in [-0.25, -0.2) is 0 Å². The highest BCUT2D eigenvalue weighted by Crippen LogP contribution is 2.27. The number of aromatic nitrogens is 2. The average Bonchev–Trinajstić information content (AvgIpc) is 3.35. The van der Waals surface area contributed by atoms with E-state index in [0.29, 0.717) is 31.0 Å². The summed E-state index contributed by atoms with van der Waals surface area (Å²) < 4.78 is 12.1. The molecule has 1 aliphatic rings. The minimum atomic E-state index is -1.17. The molecule has 38 heavy (non-hydrogen) atoms. The molecule has 1 aromatic heterocycles. The van der Waals surface area contributed by atoms with Crippen LogP contribution in [0.15, 0.2) is 48.5 Å². The number of nitrogens with one attached hydrogen (secondary N) is 2. The summed E-state index contributed by atoms with van der Waals surface area (Å²) in [5.41, 5.74) is 2.23. The number of rotatable bonds is 9. The quantitative estimate of drug-likeness (QED) is 0.449. The fraction of sp³-hybridized carbons (Fsp3) is 0.357. The largest absolute Gasteiger partial charge is 0.497 e. The molecule has 3 aromatic rings. The Labute approximate surface area is 221 Å². The molecular weight excluding hydrogens is 486 g/mol. The van der Waals surface area contributed by atoms with E-state index in [9.17, 15) is 14.4 Å². The van der Waals surface area contributed by atoms with Crippen molar-refractivity contribution in [2.24, 2.45) is 0 Å². The zero-order valence-corrected chi connectivity index (χ0v) is 22.3. The molecule has 0 spiro atoms. The fourth-order valence-corrected chi connectivity index (χ4v) is 4.38. The third-order valence-corrected chi connectivity index (χ3v) is 6.97. The molecule has 0 radical (unpaired) electrons. The Kier molecular flexibility index (Phi) is 7.70. The SMILES string of the molecule is COc1ccc(CCNC(=O)c2cc3n(n2)CC(C)(C(=O)NCc2ccc(C)cc2)N(C)C3=O)c(OC)c1. The number of hydrogen-bond donors (Lipinski definition) is 2. The van der Waals surface area contributed by atoms with Crippen molar-refractivity contribution in [2.45, 2.75) is 38.9 Å². The summed E-state index contributed by atoms with van der Waals surface area (Å²) in [6.45, 7) is 4.51. The molecule has 0 aliphatic carbocycles. The molecule has 3 amide bonds. The number of methoxy groups -OCH3 is 2. The van der Waals surface area contributed by atoms with Gasteiger partial charge in [-0.15, -0.1) is 0 Å². The van der Waals surface area contributed by atoms with E-state index in [1.807, 2.05) is 43.3 Å². The second kappa shape index (κ2) is 11.0. The van der Waals surface area contributed by atoms with Gasteiger partial charge < -0.3 is 25.0 Å². The normalized spacial score (nSPS) is 16.6. The van der Waals surface area contributed by atoms with E-state index < -0.39 is 11.4 Å². The summed E-state index contributed by atoms with van der Waals surface area (Å²) in [7, 11) is 4.76. The van der Waals surface area contributed by atoms with Crippen molar-refractivity contribution in [1.82, 2.24) is 25.3 Å². The zero-order chi connectivity index (χ0) is 27.4. The van der Waals surface area contributed by atoms with Crippen molar-refractivity contribution < 1.29 is 23.9 Å². The molecule has 10 heteroatoms. The number of benzene rings is 2. The highest BCUT2D eigenvalue weighted by Gasteiger charge is 2.46. The van der Waals surface area contributed by atoms with Crippen LogP contribution >= 0.6 is 0 Å². The molecule has 1 aliphatic heterocycles. The highest BCUT2D eigenvalue weighted by atomic mass is 16.5. The molecule has 4 rings (SSSR count). The number of carbonyl (C=O) groups excluding carboxylic acids is 3. The fourth-order valence-electron chi connectivity index (χ4n) is 4.38. The second-order valence-electron chi connectivity index (χ2n) is 9.56. The summed E-state index contributed by atoms with van der Waals surface area (Å²) in [6.07, 6.45) is 0.535. The van der Waals surface area contributed by atoms with Crippen LogP contribution < -0.4 is 20.1 Å². The Bertz CT molecular complexity index is 1350. The Morgan fingerprint density at radius 3 is 2.47 bits per heavy atom. The molecule has 0 saturated heterocycles. The first-order valence-electron chi connectivity index (χ1n) is 12.3. The van der Waals surface area contributed by atoms with E-state index >= 15 is 0 Å². The number of hydrogen-bond acceptors (Lipinski definition) is 6. The zero-order valence-electron chi connectivity index (χ0n) is 22.3. The van der Waals surface area contributed by atoms with E-state index in [4.69, 9.17) is 9.47 Å². The van der Waals surface area contributed by atoms with Gasteiger partial charge in [0.25, 0.3) is 11.8 Å². The lowest BCUT2D eigenvalue weighted by Gasteiger charge is -2.40. The minimum Gasteiger partial charge on any atom is -0.497 e. The molecule has 2 aromatic carbocycles. The molecule has 1 atom stereocenters. The predicted octanol–water partition coefficient (Wildman–Crippen LogP) is 2.34. The summed E-state index contributed by atoms with van der Waals surface area (Å²) in [6, 6.07) is 14.8. The first-order chi connectivity index (χ1) is 18.2. The van der Waals surface area contributed by atoms with E-state index in [0.717, 1.165) is 16.7 Å². The number of likely N-dealkylation sites (N-methyl/N-ethyl adjacent to an activating group) is 1. The maximum atomic E-state index is 13.2. The molecular formula is C28H33N5O5. The molecule has 2 N–H and O–H groups in total. The van der Waals surface area contributed by atoms with Crippen LogP contribution in [0.25, 0.3) is 0 Å². The van der Waals surface area contributed by atoms with Crippen molar-refractivity contribution in [3.63, 3.8) is 0 Å². The number of amides is 3. The van der Waals surface area contributed by atoms with E-state index in [1.165, 1.54) is 15.6 Å². The lowest BCUT2D eigenvalue weighted by molar-refractivity contribution is -0.132. The third-order valence-electron chi connectivity index (χ3n) is 6.97. The maximum Gasteiger partial charge on any atom is 0.272 e. The Hall–Kier alpha value is -4.34. The van der Waals surface area contributed by atoms with Gasteiger partial charge in [-0.2, -0.15) is 5.10 Å². The topological polar surface area (TPSA) is 115 Å². The first-order valence-corrected chi connectivity index (χ1v) is 12.3. The molecule has 0 bridgehead atoms. The van der Waals surface area contributed by atoms with Crippen LogP contribution in [0.5, 0.6) is 11.5 Å². The van der Waals surface area contributed by atoms with Crippen molar-refractivity contribution in [3.8, 4) is 11.5 Å². The monoisotopic (exact) mass is 519 g/mol. The summed E-state index contributed by atoms with van der Waals surface area (Å²) in [5.74, 6) is 0.280. The smallest absolute Gasteiger partial charge is 0.272 e. The molecule has 1 unspecified atom stereocenters. The number of ether oxygens (including phenoxy) is 2. The summed E-state index contributed by atoms with van der Waals surface area (Å²) in [4.78, 5) is 40.6. The Morgan fingerprint density at radius 1 is 1.05 bits per heavy atom. The Morgan fingerprint density at radius 2 is 1.79 bits per heavy atom. The van der Waals surface area contributed by atoms with Gasteiger partial charge in [0.05, 0.1) is 20.8 Å². The van der Waals surface area contributed by atoms with Crippen molar-refractivity contribution in [2.75, 3.05) is 27.8 Å². The molecule has 0 saturated carbocycles. The Balaban J connectivity index is 1.41. The van der Waals surface area contributed by atoms with Gasteiger partial charge in [0.15, 0.2) is 5.69 Å². The van der Waals surface area contributed by atoms with Crippen molar-refractivity contribution in [3.05, 3.63) is 76.6 Å². The van der Waals surface area contributed by atoms with E-state index in [-0.39, 0.29) is 29.7 Å². The van der Waals surface area contributed by atoms with Crippen LogP contribution in [0.3, 0.4) is 0 Å². The van der Waals surface area contributed by atoms with Gasteiger partial charge in [-0.3, -0.25) is 19.1 Å². The maximum absolute atomic E-state index is 13.2. The molecule has 2 heterocycles. The number of nitrogens with zero attached hydrogens (tertiary/aromatic N) is 3. The van der Waals surface area contributed by atoms with Gasteiger partial charge >= 0.3 is 0 Å². The lowest BCUT2D eigenvalue weighted by atomic mass is 9.95. The number of aryl methyl sites for hydroxylation is 1. The van der Waals surface area contributed by atoms with Gasteiger partial charge in [0, 0.05) is 32.3 Å². The number of carbonyl (C=O) groups is 3. The van der Waals surface area contributed by atoms with Crippen molar-refractivity contribution in [1.29, 1.82) is 0 Å². The number of fused-ring (bicyclic) bond motifs is 1. The van der Waals surface area contributed by atoms with Gasteiger partial charge in [0.1, 0.15) is 22.7 Å². The molecule has 10 nitrogen and oxygen atoms in total. The predicted molar refractivity (Wildman–Crippen MR) is 141 cm³/mol.